The van der Waals surface area contributed by atoms with Crippen molar-refractivity contribution in [1.29, 1.82) is 5.26 Å². The summed E-state index contributed by atoms with van der Waals surface area (Å²) in [5.74, 6) is 0. The number of nitrogens with zero attached hydrogens (tertiary/aromatic N) is 4. The van der Waals surface area contributed by atoms with E-state index >= 15 is 0 Å². The second-order valence-corrected chi connectivity index (χ2v) is 10.2. The minimum atomic E-state index is -3.73. The normalized spacial score (nSPS) is 11.2. The third kappa shape index (κ3) is 6.80. The van der Waals surface area contributed by atoms with Crippen LogP contribution in [0, 0.1) is 11.3 Å². The number of pyridine rings is 1. The number of carbonyl (C=O) groups is 1. The van der Waals surface area contributed by atoms with E-state index in [1.165, 1.54) is 0 Å². The molecule has 28 heavy (non-hydrogen) atoms. The number of hydrogen-bond donors (Lipinski definition) is 0. The van der Waals surface area contributed by atoms with Gasteiger partial charge in [-0.2, -0.15) is 5.26 Å². The Bertz CT molecular complexity index is 1120. The van der Waals surface area contributed by atoms with Crippen molar-refractivity contribution in [2.75, 3.05) is 12.5 Å². The molecule has 0 aliphatic carbocycles. The molecule has 0 aromatic carbocycles. The predicted octanol–water partition coefficient (Wildman–Crippen LogP) is 2.58. The Hall–Kier alpha value is -1.55. The maximum absolute atomic E-state index is 11.3. The van der Waals surface area contributed by atoms with Crippen molar-refractivity contribution in [3.8, 4) is 6.07 Å². The Labute approximate surface area is 180 Å². The molecule has 2 aromatic heterocycles. The van der Waals surface area contributed by atoms with E-state index in [-0.39, 0.29) is 26.7 Å². The van der Waals surface area contributed by atoms with Gasteiger partial charge in [-0.15, -0.1) is 0 Å². The fraction of sp³-hybridized carbons (Fsp3) is 0.154. The van der Waals surface area contributed by atoms with Crippen LogP contribution in [-0.4, -0.2) is 49.5 Å². The van der Waals surface area contributed by atoms with E-state index in [9.17, 15) is 21.6 Å². The van der Waals surface area contributed by atoms with Gasteiger partial charge in [0, 0.05) is 18.1 Å². The number of rotatable bonds is 3. The fourth-order valence-electron chi connectivity index (χ4n) is 1.45. The first-order valence-electron chi connectivity index (χ1n) is 6.57. The molecule has 0 spiro atoms. The highest BCUT2D eigenvalue weighted by molar-refractivity contribution is 7.91. The number of carbonyl (C=O) groups excluding carboxylic acids is 1. The molecular weight excluding hydrogens is 498 g/mol. The molecule has 2 aromatic rings. The van der Waals surface area contributed by atoms with Crippen molar-refractivity contribution in [3.63, 3.8) is 0 Å². The standard InChI is InChI=1S/C8H8ClNO5S2.C5Cl3N3/c1-16(12,13)6-3-5(8(9)11)4-7(10-6)17(2,14)15;6-3-2(1-9)4(7)11-5(8)10-3/h3-4H,1-2H3;. The molecule has 15 heteroatoms. The van der Waals surface area contributed by atoms with Gasteiger partial charge >= 0.3 is 0 Å². The molecule has 9 nitrogen and oxygen atoms in total. The molecule has 0 radical (unpaired) electrons. The third-order valence-electron chi connectivity index (χ3n) is 2.67. The van der Waals surface area contributed by atoms with Crippen LogP contribution in [0.2, 0.25) is 15.6 Å². The molecule has 2 rings (SSSR count). The zero-order valence-corrected chi connectivity index (χ0v) is 18.5. The zero-order chi connectivity index (χ0) is 21.9. The molecule has 2 heterocycles. The molecule has 0 saturated carbocycles. The van der Waals surface area contributed by atoms with Gasteiger partial charge in [0.05, 0.1) is 0 Å². The van der Waals surface area contributed by atoms with Gasteiger partial charge in [0.25, 0.3) is 5.24 Å². The topological polar surface area (TPSA) is 148 Å². The van der Waals surface area contributed by atoms with E-state index in [1.54, 1.807) is 6.07 Å². The van der Waals surface area contributed by atoms with E-state index in [1.807, 2.05) is 0 Å². The van der Waals surface area contributed by atoms with Crippen LogP contribution in [0.4, 0.5) is 0 Å². The first-order chi connectivity index (χ1) is 12.7. The molecule has 0 fully saturated rings. The Morgan fingerprint density at radius 3 is 1.61 bits per heavy atom. The maximum atomic E-state index is 11.3. The molecule has 0 unspecified atom stereocenters. The maximum Gasteiger partial charge on any atom is 0.252 e. The van der Waals surface area contributed by atoms with Crippen LogP contribution in [-0.2, 0) is 19.7 Å². The number of halogens is 4. The van der Waals surface area contributed by atoms with Crippen molar-refractivity contribution >= 4 is 71.3 Å². The molecule has 150 valence electrons. The summed E-state index contributed by atoms with van der Waals surface area (Å²) in [5.41, 5.74) is -0.194. The number of hydrogen-bond acceptors (Lipinski definition) is 9. The van der Waals surface area contributed by atoms with Crippen molar-refractivity contribution in [3.05, 3.63) is 38.8 Å². The van der Waals surface area contributed by atoms with Gasteiger partial charge in [0.1, 0.15) is 11.6 Å². The van der Waals surface area contributed by atoms with Crippen molar-refractivity contribution in [2.24, 2.45) is 0 Å². The van der Waals surface area contributed by atoms with E-state index in [0.717, 1.165) is 24.6 Å². The van der Waals surface area contributed by atoms with Gasteiger partial charge in [0.2, 0.25) is 5.28 Å². The second kappa shape index (κ2) is 9.30. The van der Waals surface area contributed by atoms with Crippen LogP contribution < -0.4 is 0 Å². The van der Waals surface area contributed by atoms with Crippen LogP contribution in [0.25, 0.3) is 0 Å². The summed E-state index contributed by atoms with van der Waals surface area (Å²) < 4.78 is 45.1. The van der Waals surface area contributed by atoms with Crippen molar-refractivity contribution < 1.29 is 21.6 Å². The molecule has 0 bridgehead atoms. The zero-order valence-electron chi connectivity index (χ0n) is 13.8. The lowest BCUT2D eigenvalue weighted by molar-refractivity contribution is 0.108. The molecule has 0 atom stereocenters. The molecule has 0 saturated heterocycles. The Morgan fingerprint density at radius 1 is 0.929 bits per heavy atom. The van der Waals surface area contributed by atoms with Gasteiger partial charge in [-0.25, -0.2) is 31.8 Å². The summed E-state index contributed by atoms with van der Waals surface area (Å²) in [5, 5.41) is 6.34. The van der Waals surface area contributed by atoms with E-state index < -0.39 is 35.0 Å². The lowest BCUT2D eigenvalue weighted by Gasteiger charge is -2.03. The summed E-state index contributed by atoms with van der Waals surface area (Å²) in [6.07, 6.45) is 1.70. The average molecular weight is 506 g/mol. The monoisotopic (exact) mass is 504 g/mol. The fourth-order valence-corrected chi connectivity index (χ4v) is 3.56. The molecule has 0 amide bonds. The van der Waals surface area contributed by atoms with Gasteiger partial charge in [-0.3, -0.25) is 4.79 Å². The van der Waals surface area contributed by atoms with Gasteiger partial charge in [-0.05, 0) is 35.3 Å². The second-order valence-electron chi connectivity index (χ2n) is 4.91. The lowest BCUT2D eigenvalue weighted by atomic mass is 10.3. The lowest BCUT2D eigenvalue weighted by Crippen LogP contribution is -2.09. The number of aromatic nitrogens is 3. The van der Waals surface area contributed by atoms with E-state index in [0.29, 0.717) is 0 Å². The molecule has 0 N–H and O–H groups in total. The summed E-state index contributed by atoms with van der Waals surface area (Å²) in [6.45, 7) is 0. The first-order valence-corrected chi connectivity index (χ1v) is 11.9. The number of sulfone groups is 2. The van der Waals surface area contributed by atoms with E-state index in [2.05, 4.69) is 15.0 Å². The van der Waals surface area contributed by atoms with Crippen LogP contribution in [0.3, 0.4) is 0 Å². The Balaban J connectivity index is 0.000000307. The van der Waals surface area contributed by atoms with Crippen LogP contribution in [0.5, 0.6) is 0 Å². The molecule has 0 aliphatic heterocycles. The minimum Gasteiger partial charge on any atom is -0.276 e. The SMILES string of the molecule is CS(=O)(=O)c1cc(C(=O)Cl)cc(S(C)(=O)=O)n1.N#Cc1c(Cl)nc(Cl)nc1Cl. The van der Waals surface area contributed by atoms with E-state index in [4.69, 9.17) is 51.7 Å². The van der Waals surface area contributed by atoms with Crippen LogP contribution >= 0.6 is 46.4 Å². The molecular formula is C13H8Cl4N4O5S2. The largest absolute Gasteiger partial charge is 0.276 e. The third-order valence-corrected chi connectivity index (χ3v) is 5.54. The highest BCUT2D eigenvalue weighted by atomic mass is 35.5. The predicted molar refractivity (Wildman–Crippen MR) is 102 cm³/mol. The quantitative estimate of drug-likeness (QED) is 0.348. The highest BCUT2D eigenvalue weighted by Crippen LogP contribution is 2.21. The van der Waals surface area contributed by atoms with Crippen LogP contribution in [0.1, 0.15) is 15.9 Å². The minimum absolute atomic E-state index is 0.0301. The smallest absolute Gasteiger partial charge is 0.252 e. The van der Waals surface area contributed by atoms with Gasteiger partial charge in [-0.1, -0.05) is 23.2 Å². The van der Waals surface area contributed by atoms with Crippen molar-refractivity contribution in [1.82, 2.24) is 15.0 Å². The molecule has 0 aliphatic rings. The van der Waals surface area contributed by atoms with Gasteiger partial charge < -0.3 is 0 Å². The summed E-state index contributed by atoms with van der Waals surface area (Å²) in [7, 11) is -7.46. The number of nitriles is 1. The average Bonchev–Trinajstić information content (AvgIpc) is 2.53. The first kappa shape index (κ1) is 24.5. The van der Waals surface area contributed by atoms with Crippen molar-refractivity contribution in [2.45, 2.75) is 10.1 Å². The van der Waals surface area contributed by atoms with Crippen LogP contribution in [0.15, 0.2) is 22.2 Å². The summed E-state index contributed by atoms with van der Waals surface area (Å²) in [4.78, 5) is 21.5. The highest BCUT2D eigenvalue weighted by Gasteiger charge is 2.19. The summed E-state index contributed by atoms with van der Waals surface area (Å²) >= 11 is 21.6. The summed E-state index contributed by atoms with van der Waals surface area (Å²) in [6, 6.07) is 3.60. The Kier molecular flexibility index (Phi) is 8.13. The Morgan fingerprint density at radius 2 is 1.32 bits per heavy atom. The van der Waals surface area contributed by atoms with Gasteiger partial charge in [0.15, 0.2) is 40.0 Å².